The third kappa shape index (κ3) is 9.19. The Balaban J connectivity index is 1.58. The van der Waals surface area contributed by atoms with Crippen molar-refractivity contribution in [1.82, 2.24) is 10.2 Å². The van der Waals surface area contributed by atoms with Crippen molar-refractivity contribution in [3.63, 3.8) is 0 Å². The standard InChI is InChI=1S/C38H41Cl2N3O4S/c1-27-16-18-35(19-17-27)48(46,47)43(34-23-31(39)22-32(40)24-34)26-37(44)42(25-30-13-9-10-28(2)20-30)36(21-29-11-5-3-6-12-29)38(45)41-33-14-7-4-8-15-33/h3,5-6,9-13,16-20,22-24,33,36H,4,7-8,14-15,21,25-26H2,1-2H3,(H,41,45)/t36-/m1/s1. The number of nitrogens with zero attached hydrogens (tertiary/aromatic N) is 2. The van der Waals surface area contributed by atoms with Gasteiger partial charge in [-0.15, -0.1) is 0 Å². The molecule has 1 fully saturated rings. The minimum absolute atomic E-state index is 0.0121. The molecule has 5 rings (SSSR count). The van der Waals surface area contributed by atoms with E-state index < -0.39 is 28.5 Å². The first-order valence-electron chi connectivity index (χ1n) is 16.2. The van der Waals surface area contributed by atoms with E-state index in [4.69, 9.17) is 23.2 Å². The average Bonchev–Trinajstić information content (AvgIpc) is 3.05. The summed E-state index contributed by atoms with van der Waals surface area (Å²) in [6, 6.07) is 27.3. The Hall–Kier alpha value is -3.85. The first kappa shape index (κ1) is 35.5. The van der Waals surface area contributed by atoms with Gasteiger partial charge in [-0.3, -0.25) is 13.9 Å². The Bertz CT molecular complexity index is 1810. The molecule has 0 bridgehead atoms. The molecular formula is C38H41Cl2N3O4S. The molecule has 0 spiro atoms. The van der Waals surface area contributed by atoms with E-state index >= 15 is 0 Å². The molecule has 2 amide bonds. The van der Waals surface area contributed by atoms with Crippen LogP contribution in [0.25, 0.3) is 0 Å². The number of aryl methyl sites for hydroxylation is 2. The number of benzene rings is 4. The van der Waals surface area contributed by atoms with Crippen molar-refractivity contribution in [2.75, 3.05) is 10.8 Å². The van der Waals surface area contributed by atoms with Crippen molar-refractivity contribution in [1.29, 1.82) is 0 Å². The van der Waals surface area contributed by atoms with Crippen LogP contribution in [0.1, 0.15) is 54.4 Å². The van der Waals surface area contributed by atoms with Crippen LogP contribution in [0.4, 0.5) is 5.69 Å². The van der Waals surface area contributed by atoms with Crippen LogP contribution >= 0.6 is 23.2 Å². The van der Waals surface area contributed by atoms with Crippen molar-refractivity contribution in [2.24, 2.45) is 0 Å². The first-order chi connectivity index (χ1) is 23.0. The van der Waals surface area contributed by atoms with Gasteiger partial charge < -0.3 is 10.2 Å². The zero-order valence-electron chi connectivity index (χ0n) is 27.2. The monoisotopic (exact) mass is 705 g/mol. The van der Waals surface area contributed by atoms with Crippen LogP contribution in [0, 0.1) is 13.8 Å². The number of hydrogen-bond acceptors (Lipinski definition) is 4. The topological polar surface area (TPSA) is 86.8 Å². The lowest BCUT2D eigenvalue weighted by Gasteiger charge is -2.35. The highest BCUT2D eigenvalue weighted by molar-refractivity contribution is 7.92. The Kier molecular flexibility index (Phi) is 11.8. The van der Waals surface area contributed by atoms with Gasteiger partial charge in [-0.1, -0.05) is 120 Å². The SMILES string of the molecule is Cc1ccc(S(=O)(=O)N(CC(=O)N(Cc2cccc(C)c2)[C@H](Cc2ccccc2)C(=O)NC2CCCCC2)c2cc(Cl)cc(Cl)c2)cc1. The number of sulfonamides is 1. The Morgan fingerprint density at radius 2 is 1.44 bits per heavy atom. The fourth-order valence-corrected chi connectivity index (χ4v) is 8.07. The van der Waals surface area contributed by atoms with E-state index in [-0.39, 0.29) is 45.5 Å². The summed E-state index contributed by atoms with van der Waals surface area (Å²) in [7, 11) is -4.27. The Morgan fingerprint density at radius 1 is 0.792 bits per heavy atom. The normalized spacial score (nSPS) is 14.2. The van der Waals surface area contributed by atoms with Gasteiger partial charge >= 0.3 is 0 Å². The predicted octanol–water partition coefficient (Wildman–Crippen LogP) is 7.89. The summed E-state index contributed by atoms with van der Waals surface area (Å²) in [5.74, 6) is -0.798. The summed E-state index contributed by atoms with van der Waals surface area (Å²) in [6.07, 6.45) is 5.23. The lowest BCUT2D eigenvalue weighted by Crippen LogP contribution is -2.55. The second-order valence-electron chi connectivity index (χ2n) is 12.5. The lowest BCUT2D eigenvalue weighted by molar-refractivity contribution is -0.140. The number of hydrogen-bond donors (Lipinski definition) is 1. The summed E-state index contributed by atoms with van der Waals surface area (Å²) < 4.78 is 29.6. The maximum Gasteiger partial charge on any atom is 0.264 e. The smallest absolute Gasteiger partial charge is 0.264 e. The molecule has 1 aliphatic rings. The van der Waals surface area contributed by atoms with Gasteiger partial charge in [-0.2, -0.15) is 0 Å². The third-order valence-corrected chi connectivity index (χ3v) is 10.9. The largest absolute Gasteiger partial charge is 0.352 e. The second-order valence-corrected chi connectivity index (χ2v) is 15.2. The van der Waals surface area contributed by atoms with Gasteiger partial charge in [0, 0.05) is 29.1 Å². The first-order valence-corrected chi connectivity index (χ1v) is 18.4. The zero-order valence-corrected chi connectivity index (χ0v) is 29.6. The number of carbonyl (C=O) groups excluding carboxylic acids is 2. The van der Waals surface area contributed by atoms with Gasteiger partial charge in [0.1, 0.15) is 12.6 Å². The maximum atomic E-state index is 14.7. The second kappa shape index (κ2) is 16.0. The molecule has 4 aromatic rings. The lowest BCUT2D eigenvalue weighted by atomic mass is 9.94. The molecule has 1 aliphatic carbocycles. The number of anilines is 1. The zero-order chi connectivity index (χ0) is 34.3. The number of carbonyl (C=O) groups is 2. The highest BCUT2D eigenvalue weighted by Gasteiger charge is 2.35. The van der Waals surface area contributed by atoms with Crippen LogP contribution in [0.2, 0.25) is 10.0 Å². The van der Waals surface area contributed by atoms with Crippen molar-refractivity contribution >= 4 is 50.7 Å². The molecule has 0 saturated heterocycles. The molecule has 0 aromatic heterocycles. The molecule has 0 heterocycles. The number of nitrogens with one attached hydrogen (secondary N) is 1. The summed E-state index contributed by atoms with van der Waals surface area (Å²) in [6.45, 7) is 3.35. The van der Waals surface area contributed by atoms with E-state index in [2.05, 4.69) is 5.32 Å². The van der Waals surface area contributed by atoms with E-state index in [1.807, 2.05) is 68.4 Å². The quantitative estimate of drug-likeness (QED) is 0.162. The molecular weight excluding hydrogens is 665 g/mol. The number of rotatable bonds is 12. The van der Waals surface area contributed by atoms with Crippen molar-refractivity contribution in [3.05, 3.63) is 129 Å². The summed E-state index contributed by atoms with van der Waals surface area (Å²) >= 11 is 12.7. The Labute approximate surface area is 293 Å². The fourth-order valence-electron chi connectivity index (χ4n) is 6.15. The molecule has 48 heavy (non-hydrogen) atoms. The molecule has 0 radical (unpaired) electrons. The molecule has 0 aliphatic heterocycles. The number of amides is 2. The highest BCUT2D eigenvalue weighted by Crippen LogP contribution is 2.30. The van der Waals surface area contributed by atoms with E-state index in [1.54, 1.807) is 12.1 Å². The average molecular weight is 707 g/mol. The molecule has 0 unspecified atom stereocenters. The molecule has 10 heteroatoms. The van der Waals surface area contributed by atoms with Gasteiger partial charge in [0.05, 0.1) is 10.6 Å². The molecule has 1 N–H and O–H groups in total. The van der Waals surface area contributed by atoms with Crippen LogP contribution in [0.5, 0.6) is 0 Å². The number of halogens is 2. The van der Waals surface area contributed by atoms with Crippen molar-refractivity contribution in [2.45, 2.75) is 75.9 Å². The van der Waals surface area contributed by atoms with Crippen molar-refractivity contribution in [3.8, 4) is 0 Å². The van der Waals surface area contributed by atoms with Gasteiger partial charge in [-0.25, -0.2) is 8.42 Å². The third-order valence-electron chi connectivity index (χ3n) is 8.68. The minimum Gasteiger partial charge on any atom is -0.352 e. The van der Waals surface area contributed by atoms with Crippen LogP contribution in [0.3, 0.4) is 0 Å². The molecule has 1 atom stereocenters. The predicted molar refractivity (Wildman–Crippen MR) is 193 cm³/mol. The van der Waals surface area contributed by atoms with Crippen LogP contribution in [-0.4, -0.2) is 43.8 Å². The van der Waals surface area contributed by atoms with Crippen LogP contribution < -0.4 is 9.62 Å². The summed E-state index contributed by atoms with van der Waals surface area (Å²) in [5, 5.41) is 3.68. The highest BCUT2D eigenvalue weighted by atomic mass is 35.5. The summed E-state index contributed by atoms with van der Waals surface area (Å²) in [5.41, 5.74) is 3.74. The van der Waals surface area contributed by atoms with E-state index in [9.17, 15) is 18.0 Å². The van der Waals surface area contributed by atoms with Gasteiger partial charge in [0.2, 0.25) is 11.8 Å². The fraction of sp³-hybridized carbons (Fsp3) is 0.316. The maximum absolute atomic E-state index is 14.7. The molecule has 4 aromatic carbocycles. The van der Waals surface area contributed by atoms with Crippen LogP contribution in [-0.2, 0) is 32.6 Å². The van der Waals surface area contributed by atoms with Gasteiger partial charge in [0.25, 0.3) is 10.0 Å². The van der Waals surface area contributed by atoms with E-state index in [0.717, 1.165) is 58.7 Å². The van der Waals surface area contributed by atoms with Gasteiger partial charge in [-0.05, 0) is 68.1 Å². The Morgan fingerprint density at radius 3 is 2.08 bits per heavy atom. The van der Waals surface area contributed by atoms with Gasteiger partial charge in [0.15, 0.2) is 0 Å². The van der Waals surface area contributed by atoms with Crippen LogP contribution in [0.15, 0.2) is 102 Å². The van der Waals surface area contributed by atoms with E-state index in [0.29, 0.717) is 0 Å². The summed E-state index contributed by atoms with van der Waals surface area (Å²) in [4.78, 5) is 30.5. The molecule has 252 valence electrons. The molecule has 7 nitrogen and oxygen atoms in total. The minimum atomic E-state index is -4.27. The van der Waals surface area contributed by atoms with Crippen molar-refractivity contribution < 1.29 is 18.0 Å². The molecule has 1 saturated carbocycles. The van der Waals surface area contributed by atoms with E-state index in [1.165, 1.54) is 35.2 Å².